The number of thioether (sulfide) groups is 1. The van der Waals surface area contributed by atoms with E-state index in [0.717, 1.165) is 11.3 Å². The summed E-state index contributed by atoms with van der Waals surface area (Å²) in [7, 11) is 0. The number of hydrogen-bond acceptors (Lipinski definition) is 8. The molecule has 2 heterocycles. The standard InChI is InChI=1S/C19H26N8OS/c1-11(2)20-16-23-17(21-12(3)4)27-18(24-16)25-26-19(27)29-10-15(28)22-14-8-6-7-13(5)9-14/h6-9,11-12H,10H2,1-5H3,(H,22,28)(H2,20,21,23,24,25). The van der Waals surface area contributed by atoms with Crippen molar-refractivity contribution in [2.45, 2.75) is 51.9 Å². The average Bonchev–Trinajstić information content (AvgIpc) is 3.02. The summed E-state index contributed by atoms with van der Waals surface area (Å²) in [4.78, 5) is 21.3. The molecule has 3 rings (SSSR count). The van der Waals surface area contributed by atoms with Crippen molar-refractivity contribution in [1.82, 2.24) is 24.6 Å². The fourth-order valence-electron chi connectivity index (χ4n) is 2.61. The number of carbonyl (C=O) groups is 1. The van der Waals surface area contributed by atoms with Gasteiger partial charge in [0.1, 0.15) is 0 Å². The van der Waals surface area contributed by atoms with Crippen LogP contribution < -0.4 is 16.0 Å². The van der Waals surface area contributed by atoms with Gasteiger partial charge in [0.05, 0.1) is 5.75 Å². The van der Waals surface area contributed by atoms with Crippen molar-refractivity contribution in [3.8, 4) is 0 Å². The van der Waals surface area contributed by atoms with E-state index in [2.05, 4.69) is 36.1 Å². The molecule has 3 aromatic rings. The number of rotatable bonds is 8. The molecule has 10 heteroatoms. The van der Waals surface area contributed by atoms with Crippen LogP contribution in [0.5, 0.6) is 0 Å². The molecule has 0 radical (unpaired) electrons. The number of carbonyl (C=O) groups excluding carboxylic acids is 1. The van der Waals surface area contributed by atoms with Crippen LogP contribution in [0.1, 0.15) is 33.3 Å². The molecule has 3 N–H and O–H groups in total. The second-order valence-corrected chi connectivity index (χ2v) is 8.24. The monoisotopic (exact) mass is 414 g/mol. The van der Waals surface area contributed by atoms with Gasteiger partial charge in [0.2, 0.25) is 17.8 Å². The fraction of sp³-hybridized carbons (Fsp3) is 0.421. The molecule has 0 aliphatic carbocycles. The van der Waals surface area contributed by atoms with Crippen molar-refractivity contribution < 1.29 is 4.79 Å². The third-order valence-electron chi connectivity index (χ3n) is 3.72. The second kappa shape index (κ2) is 9.08. The summed E-state index contributed by atoms with van der Waals surface area (Å²) in [5.41, 5.74) is 1.86. The first kappa shape index (κ1) is 20.8. The van der Waals surface area contributed by atoms with Crippen LogP contribution in [-0.4, -0.2) is 48.3 Å². The molecule has 0 aliphatic heterocycles. The predicted molar refractivity (Wildman–Crippen MR) is 117 cm³/mol. The molecule has 0 spiro atoms. The molecule has 9 nitrogen and oxygen atoms in total. The van der Waals surface area contributed by atoms with Gasteiger partial charge in [0.15, 0.2) is 5.16 Å². The first-order chi connectivity index (χ1) is 13.8. The van der Waals surface area contributed by atoms with Crippen LogP contribution in [0.4, 0.5) is 17.6 Å². The Hall–Kier alpha value is -2.88. The highest BCUT2D eigenvalue weighted by Crippen LogP contribution is 2.22. The van der Waals surface area contributed by atoms with E-state index in [-0.39, 0.29) is 23.7 Å². The maximum absolute atomic E-state index is 12.3. The number of aromatic nitrogens is 5. The summed E-state index contributed by atoms with van der Waals surface area (Å²) < 4.78 is 1.73. The average molecular weight is 415 g/mol. The zero-order valence-electron chi connectivity index (χ0n) is 17.2. The fourth-order valence-corrected chi connectivity index (χ4v) is 3.34. The third-order valence-corrected chi connectivity index (χ3v) is 4.64. The molecule has 0 atom stereocenters. The van der Waals surface area contributed by atoms with Crippen molar-refractivity contribution >= 4 is 41.0 Å². The van der Waals surface area contributed by atoms with Crippen molar-refractivity contribution in [1.29, 1.82) is 0 Å². The van der Waals surface area contributed by atoms with Crippen molar-refractivity contribution in [2.24, 2.45) is 0 Å². The highest BCUT2D eigenvalue weighted by atomic mass is 32.2. The third kappa shape index (κ3) is 5.57. The van der Waals surface area contributed by atoms with Crippen LogP contribution in [0.2, 0.25) is 0 Å². The lowest BCUT2D eigenvalue weighted by Gasteiger charge is -2.14. The molecule has 0 aliphatic rings. The van der Waals surface area contributed by atoms with E-state index in [1.165, 1.54) is 11.8 Å². The molecule has 2 aromatic heterocycles. The Labute approximate surface area is 174 Å². The van der Waals surface area contributed by atoms with E-state index >= 15 is 0 Å². The Morgan fingerprint density at radius 3 is 2.55 bits per heavy atom. The van der Waals surface area contributed by atoms with Crippen molar-refractivity contribution in [2.75, 3.05) is 21.7 Å². The van der Waals surface area contributed by atoms with Gasteiger partial charge in [-0.2, -0.15) is 9.97 Å². The Kier molecular flexibility index (Phi) is 6.53. The van der Waals surface area contributed by atoms with Gasteiger partial charge in [-0.25, -0.2) is 4.40 Å². The number of nitrogens with one attached hydrogen (secondary N) is 3. The minimum Gasteiger partial charge on any atom is -0.353 e. The lowest BCUT2D eigenvalue weighted by Crippen LogP contribution is -2.19. The molecule has 154 valence electrons. The lowest BCUT2D eigenvalue weighted by atomic mass is 10.2. The predicted octanol–water partition coefficient (Wildman–Crippen LogP) is 3.20. The van der Waals surface area contributed by atoms with E-state index in [9.17, 15) is 4.79 Å². The summed E-state index contributed by atoms with van der Waals surface area (Å²) in [5.74, 6) is 1.57. The highest BCUT2D eigenvalue weighted by Gasteiger charge is 2.17. The van der Waals surface area contributed by atoms with Crippen LogP contribution in [0.15, 0.2) is 29.4 Å². The molecular formula is C19H26N8OS. The number of fused-ring (bicyclic) bond motifs is 1. The number of aryl methyl sites for hydroxylation is 1. The molecule has 1 amide bonds. The van der Waals surface area contributed by atoms with Crippen LogP contribution in [0.25, 0.3) is 5.78 Å². The smallest absolute Gasteiger partial charge is 0.261 e. The Balaban J connectivity index is 1.79. The molecule has 1 aromatic carbocycles. The summed E-state index contributed by atoms with van der Waals surface area (Å²) in [6, 6.07) is 8.03. The first-order valence-electron chi connectivity index (χ1n) is 9.47. The van der Waals surface area contributed by atoms with Crippen LogP contribution in [0.3, 0.4) is 0 Å². The molecular weight excluding hydrogens is 388 g/mol. The van der Waals surface area contributed by atoms with Crippen molar-refractivity contribution in [3.05, 3.63) is 29.8 Å². The van der Waals surface area contributed by atoms with Gasteiger partial charge in [-0.1, -0.05) is 23.9 Å². The van der Waals surface area contributed by atoms with E-state index in [1.807, 2.05) is 58.9 Å². The molecule has 0 unspecified atom stereocenters. The Bertz CT molecular complexity index is 1000. The number of amides is 1. The zero-order chi connectivity index (χ0) is 21.0. The largest absolute Gasteiger partial charge is 0.353 e. The van der Waals surface area contributed by atoms with E-state index < -0.39 is 0 Å². The van der Waals surface area contributed by atoms with Crippen LogP contribution >= 0.6 is 11.8 Å². The summed E-state index contributed by atoms with van der Waals surface area (Å²) in [6.45, 7) is 10.1. The Morgan fingerprint density at radius 1 is 1.10 bits per heavy atom. The minimum absolute atomic E-state index is 0.116. The molecule has 0 saturated heterocycles. The molecule has 29 heavy (non-hydrogen) atoms. The Morgan fingerprint density at radius 2 is 1.86 bits per heavy atom. The number of anilines is 3. The van der Waals surface area contributed by atoms with Gasteiger partial charge >= 0.3 is 0 Å². The second-order valence-electron chi connectivity index (χ2n) is 7.29. The molecule has 0 fully saturated rings. The lowest BCUT2D eigenvalue weighted by molar-refractivity contribution is -0.113. The summed E-state index contributed by atoms with van der Waals surface area (Å²) in [6.07, 6.45) is 0. The van der Waals surface area contributed by atoms with E-state index in [0.29, 0.717) is 22.8 Å². The minimum atomic E-state index is -0.116. The SMILES string of the molecule is Cc1cccc(NC(=O)CSc2nnc3nc(NC(C)C)nc(NC(C)C)n23)c1. The highest BCUT2D eigenvalue weighted by molar-refractivity contribution is 7.99. The number of nitrogens with zero attached hydrogens (tertiary/aromatic N) is 5. The van der Waals surface area contributed by atoms with Crippen molar-refractivity contribution in [3.63, 3.8) is 0 Å². The normalized spacial score (nSPS) is 11.3. The summed E-state index contributed by atoms with van der Waals surface area (Å²) in [5, 5.41) is 18.3. The van der Waals surface area contributed by atoms with Gasteiger partial charge < -0.3 is 16.0 Å². The number of benzene rings is 1. The maximum Gasteiger partial charge on any atom is 0.261 e. The van der Waals surface area contributed by atoms with Gasteiger partial charge in [0.25, 0.3) is 5.78 Å². The van der Waals surface area contributed by atoms with Gasteiger partial charge in [-0.3, -0.25) is 4.79 Å². The van der Waals surface area contributed by atoms with E-state index in [1.54, 1.807) is 4.40 Å². The van der Waals surface area contributed by atoms with Crippen LogP contribution in [0, 0.1) is 6.92 Å². The van der Waals surface area contributed by atoms with Gasteiger partial charge in [-0.05, 0) is 52.3 Å². The number of hydrogen-bond donors (Lipinski definition) is 3. The van der Waals surface area contributed by atoms with Gasteiger partial charge in [0, 0.05) is 17.8 Å². The molecule has 0 saturated carbocycles. The quantitative estimate of drug-likeness (QED) is 0.482. The van der Waals surface area contributed by atoms with E-state index in [4.69, 9.17) is 0 Å². The van der Waals surface area contributed by atoms with Crippen LogP contribution in [-0.2, 0) is 4.79 Å². The zero-order valence-corrected chi connectivity index (χ0v) is 18.0. The molecule has 0 bridgehead atoms. The van der Waals surface area contributed by atoms with Gasteiger partial charge in [-0.15, -0.1) is 10.2 Å². The maximum atomic E-state index is 12.3. The first-order valence-corrected chi connectivity index (χ1v) is 10.5. The topological polar surface area (TPSA) is 109 Å². The summed E-state index contributed by atoms with van der Waals surface area (Å²) >= 11 is 1.29.